The minimum Gasteiger partial charge on any atom is -0.384 e. The van der Waals surface area contributed by atoms with E-state index in [1.165, 1.54) is 24.0 Å². The Kier molecular flexibility index (Phi) is 3.43. The van der Waals surface area contributed by atoms with E-state index < -0.39 is 0 Å². The third kappa shape index (κ3) is 2.83. The highest BCUT2D eigenvalue weighted by atomic mass is 14.9. The molecule has 0 saturated heterocycles. The topological polar surface area (TPSA) is 35.8 Å². The van der Waals surface area contributed by atoms with Crippen LogP contribution < -0.4 is 5.32 Å². The van der Waals surface area contributed by atoms with Gasteiger partial charge in [-0.05, 0) is 36.1 Å². The van der Waals surface area contributed by atoms with E-state index in [4.69, 9.17) is 5.26 Å². The first kappa shape index (κ1) is 12.7. The van der Waals surface area contributed by atoms with E-state index in [1.54, 1.807) is 0 Å². The van der Waals surface area contributed by atoms with Gasteiger partial charge in [0.05, 0.1) is 6.07 Å². The molecule has 2 nitrogen and oxygen atoms in total. The van der Waals surface area contributed by atoms with E-state index in [0.717, 1.165) is 12.2 Å². The molecule has 0 bridgehead atoms. The van der Waals surface area contributed by atoms with Crippen LogP contribution >= 0.6 is 0 Å². The predicted octanol–water partition coefficient (Wildman–Crippen LogP) is 4.46. The molecule has 0 atom stereocenters. The average molecular weight is 262 g/mol. The first-order chi connectivity index (χ1) is 9.81. The van der Waals surface area contributed by atoms with E-state index in [0.29, 0.717) is 6.42 Å². The van der Waals surface area contributed by atoms with Crippen molar-refractivity contribution in [2.24, 2.45) is 5.41 Å². The van der Waals surface area contributed by atoms with Crippen molar-refractivity contribution in [3.05, 3.63) is 54.6 Å². The maximum atomic E-state index is 8.82. The zero-order valence-corrected chi connectivity index (χ0v) is 11.5. The van der Waals surface area contributed by atoms with E-state index in [-0.39, 0.29) is 5.41 Å². The second-order valence-electron chi connectivity index (χ2n) is 5.63. The van der Waals surface area contributed by atoms with Crippen molar-refractivity contribution < 1.29 is 0 Å². The van der Waals surface area contributed by atoms with Crippen molar-refractivity contribution in [1.29, 1.82) is 5.26 Å². The van der Waals surface area contributed by atoms with Crippen molar-refractivity contribution in [3.63, 3.8) is 0 Å². The molecule has 0 amide bonds. The standard InChI is InChI=1S/C18H18N2/c19-13-12-18(10-11-18)14-20-17-8-6-16(7-9-17)15-4-2-1-3-5-15/h1-9,20H,10-12,14H2. The van der Waals surface area contributed by atoms with Crippen LogP contribution in [0.2, 0.25) is 0 Å². The van der Waals surface area contributed by atoms with Gasteiger partial charge in [-0.15, -0.1) is 0 Å². The second kappa shape index (κ2) is 5.38. The number of hydrogen-bond donors (Lipinski definition) is 1. The molecule has 2 aromatic carbocycles. The number of nitrogens with one attached hydrogen (secondary N) is 1. The van der Waals surface area contributed by atoms with Gasteiger partial charge in [-0.25, -0.2) is 0 Å². The Balaban J connectivity index is 1.64. The zero-order valence-electron chi connectivity index (χ0n) is 11.5. The highest BCUT2D eigenvalue weighted by Gasteiger charge is 2.42. The maximum absolute atomic E-state index is 8.82. The summed E-state index contributed by atoms with van der Waals surface area (Å²) >= 11 is 0. The van der Waals surface area contributed by atoms with Crippen molar-refractivity contribution in [3.8, 4) is 17.2 Å². The Morgan fingerprint density at radius 2 is 1.60 bits per heavy atom. The van der Waals surface area contributed by atoms with Crippen LogP contribution in [0.3, 0.4) is 0 Å². The van der Waals surface area contributed by atoms with Gasteiger partial charge in [-0.1, -0.05) is 42.5 Å². The molecule has 1 aliphatic carbocycles. The van der Waals surface area contributed by atoms with E-state index in [2.05, 4.69) is 59.9 Å². The van der Waals surface area contributed by atoms with Crippen LogP contribution in [-0.4, -0.2) is 6.54 Å². The molecule has 2 aromatic rings. The van der Waals surface area contributed by atoms with Gasteiger partial charge >= 0.3 is 0 Å². The van der Waals surface area contributed by atoms with Gasteiger partial charge in [0, 0.05) is 24.1 Å². The molecule has 1 N–H and O–H groups in total. The van der Waals surface area contributed by atoms with Crippen LogP contribution in [0.15, 0.2) is 54.6 Å². The Bertz CT molecular complexity index is 604. The average Bonchev–Trinajstić information content (AvgIpc) is 3.27. The number of anilines is 1. The second-order valence-corrected chi connectivity index (χ2v) is 5.63. The molecule has 0 spiro atoms. The third-order valence-electron chi connectivity index (χ3n) is 4.07. The molecule has 100 valence electrons. The summed E-state index contributed by atoms with van der Waals surface area (Å²) in [5.41, 5.74) is 3.85. The molecule has 0 aromatic heterocycles. The van der Waals surface area contributed by atoms with Crippen LogP contribution in [0.1, 0.15) is 19.3 Å². The Morgan fingerprint density at radius 3 is 2.20 bits per heavy atom. The van der Waals surface area contributed by atoms with E-state index >= 15 is 0 Å². The number of hydrogen-bond acceptors (Lipinski definition) is 2. The summed E-state index contributed by atoms with van der Waals surface area (Å²) in [6.07, 6.45) is 3.02. The van der Waals surface area contributed by atoms with Gasteiger partial charge in [0.2, 0.25) is 0 Å². The summed E-state index contributed by atoms with van der Waals surface area (Å²) in [4.78, 5) is 0. The number of nitriles is 1. The van der Waals surface area contributed by atoms with Crippen molar-refractivity contribution in [1.82, 2.24) is 0 Å². The highest BCUT2D eigenvalue weighted by Crippen LogP contribution is 2.48. The van der Waals surface area contributed by atoms with Crippen LogP contribution in [0.25, 0.3) is 11.1 Å². The number of nitrogens with zero attached hydrogens (tertiary/aromatic N) is 1. The fourth-order valence-corrected chi connectivity index (χ4v) is 2.46. The lowest BCUT2D eigenvalue weighted by molar-refractivity contribution is 0.557. The van der Waals surface area contributed by atoms with E-state index in [9.17, 15) is 0 Å². The minimum atomic E-state index is 0.243. The molecule has 0 aliphatic heterocycles. The fraction of sp³-hybridized carbons (Fsp3) is 0.278. The van der Waals surface area contributed by atoms with Gasteiger partial charge in [0.25, 0.3) is 0 Å². The summed E-state index contributed by atoms with van der Waals surface area (Å²) in [5, 5.41) is 12.3. The van der Waals surface area contributed by atoms with Gasteiger partial charge in [-0.3, -0.25) is 0 Å². The number of rotatable bonds is 5. The summed E-state index contributed by atoms with van der Waals surface area (Å²) in [6.45, 7) is 0.908. The highest BCUT2D eigenvalue weighted by molar-refractivity contribution is 5.65. The van der Waals surface area contributed by atoms with Gasteiger partial charge in [0.15, 0.2) is 0 Å². The number of benzene rings is 2. The molecule has 3 rings (SSSR count). The summed E-state index contributed by atoms with van der Waals surface area (Å²) in [7, 11) is 0. The van der Waals surface area contributed by atoms with Crippen LogP contribution in [0, 0.1) is 16.7 Å². The first-order valence-corrected chi connectivity index (χ1v) is 7.08. The summed E-state index contributed by atoms with van der Waals surface area (Å²) in [5.74, 6) is 0. The summed E-state index contributed by atoms with van der Waals surface area (Å²) < 4.78 is 0. The van der Waals surface area contributed by atoms with Crippen molar-refractivity contribution in [2.45, 2.75) is 19.3 Å². The lowest BCUT2D eigenvalue weighted by atomic mass is 10.0. The van der Waals surface area contributed by atoms with E-state index in [1.807, 2.05) is 6.07 Å². The van der Waals surface area contributed by atoms with Crippen LogP contribution in [-0.2, 0) is 0 Å². The quantitative estimate of drug-likeness (QED) is 0.863. The van der Waals surface area contributed by atoms with Crippen LogP contribution in [0.5, 0.6) is 0 Å². The normalized spacial score (nSPS) is 15.3. The first-order valence-electron chi connectivity index (χ1n) is 7.08. The molecule has 1 fully saturated rings. The molecule has 0 unspecified atom stereocenters. The Hall–Kier alpha value is -2.27. The molecule has 2 heteroatoms. The predicted molar refractivity (Wildman–Crippen MR) is 82.3 cm³/mol. The molecule has 0 radical (unpaired) electrons. The smallest absolute Gasteiger partial charge is 0.0628 e. The fourth-order valence-electron chi connectivity index (χ4n) is 2.46. The summed E-state index contributed by atoms with van der Waals surface area (Å²) in [6, 6.07) is 21.2. The lowest BCUT2D eigenvalue weighted by Crippen LogP contribution is -2.14. The SMILES string of the molecule is N#CCC1(CNc2ccc(-c3ccccc3)cc2)CC1. The Labute approximate surface area is 120 Å². The largest absolute Gasteiger partial charge is 0.384 e. The molecule has 1 saturated carbocycles. The molecule has 1 aliphatic rings. The Morgan fingerprint density at radius 1 is 0.950 bits per heavy atom. The molecule has 20 heavy (non-hydrogen) atoms. The molecular formula is C18H18N2. The van der Waals surface area contributed by atoms with Crippen molar-refractivity contribution >= 4 is 5.69 Å². The van der Waals surface area contributed by atoms with Gasteiger partial charge in [-0.2, -0.15) is 5.26 Å². The monoisotopic (exact) mass is 262 g/mol. The zero-order chi connectivity index (χ0) is 13.8. The molecule has 0 heterocycles. The third-order valence-corrected chi connectivity index (χ3v) is 4.07. The lowest BCUT2D eigenvalue weighted by Gasteiger charge is -2.13. The maximum Gasteiger partial charge on any atom is 0.0628 e. The van der Waals surface area contributed by atoms with Gasteiger partial charge in [0.1, 0.15) is 0 Å². The molecular weight excluding hydrogens is 244 g/mol. The minimum absolute atomic E-state index is 0.243. The van der Waals surface area contributed by atoms with Gasteiger partial charge < -0.3 is 5.32 Å². The van der Waals surface area contributed by atoms with Crippen molar-refractivity contribution in [2.75, 3.05) is 11.9 Å². The van der Waals surface area contributed by atoms with Crippen LogP contribution in [0.4, 0.5) is 5.69 Å².